The first-order valence-corrected chi connectivity index (χ1v) is 17.5. The maximum Gasteiger partial charge on any atom is 0.137 e. The molecular formula is C37H36Cl2N12. The first-order valence-electron chi connectivity index (χ1n) is 16.8. The summed E-state index contributed by atoms with van der Waals surface area (Å²) in [6.45, 7) is 7.22. The molecule has 0 saturated carbocycles. The summed E-state index contributed by atoms with van der Waals surface area (Å²) < 4.78 is 7.60. The van der Waals surface area contributed by atoms with Crippen LogP contribution in [0.25, 0.3) is 22.1 Å². The summed E-state index contributed by atoms with van der Waals surface area (Å²) in [6.07, 6.45) is 8.74. The molecule has 4 aromatic carbocycles. The van der Waals surface area contributed by atoms with E-state index in [-0.39, 0.29) is 18.1 Å². The summed E-state index contributed by atoms with van der Waals surface area (Å²) in [4.78, 5) is 8.22. The van der Waals surface area contributed by atoms with Gasteiger partial charge in [0.15, 0.2) is 0 Å². The Balaban J connectivity index is 0.000000159. The third-order valence-electron chi connectivity index (χ3n) is 8.65. The lowest BCUT2D eigenvalue weighted by molar-refractivity contribution is 0.529. The molecule has 14 heteroatoms. The second-order valence-corrected chi connectivity index (χ2v) is 13.3. The zero-order chi connectivity index (χ0) is 35.3. The Morgan fingerprint density at radius 2 is 1.10 bits per heavy atom. The molecule has 258 valence electrons. The van der Waals surface area contributed by atoms with Crippen LogP contribution in [0.15, 0.2) is 110 Å². The number of aromatic nitrogens is 12. The molecule has 0 spiro atoms. The third kappa shape index (κ3) is 7.38. The Morgan fingerprint density at radius 1 is 0.608 bits per heavy atom. The van der Waals surface area contributed by atoms with Gasteiger partial charge < -0.3 is 0 Å². The van der Waals surface area contributed by atoms with Gasteiger partial charge in [-0.15, -0.1) is 10.2 Å². The molecule has 8 aromatic rings. The van der Waals surface area contributed by atoms with Crippen LogP contribution in [0.3, 0.4) is 0 Å². The molecule has 0 aliphatic rings. The summed E-state index contributed by atoms with van der Waals surface area (Å²) in [6, 6.07) is 28.1. The van der Waals surface area contributed by atoms with Crippen LogP contribution in [0.1, 0.15) is 74.0 Å². The quantitative estimate of drug-likeness (QED) is 0.139. The molecule has 0 aliphatic carbocycles. The fourth-order valence-corrected chi connectivity index (χ4v) is 6.37. The summed E-state index contributed by atoms with van der Waals surface area (Å²) in [5.74, 6) is 0. The van der Waals surface area contributed by atoms with Crippen molar-refractivity contribution in [3.63, 3.8) is 0 Å². The number of unbranched alkanes of at least 4 members (excludes halogenated alkanes) is 1. The van der Waals surface area contributed by atoms with E-state index in [2.05, 4.69) is 85.8 Å². The van der Waals surface area contributed by atoms with E-state index < -0.39 is 0 Å². The molecule has 51 heavy (non-hydrogen) atoms. The molecule has 0 N–H and O–H groups in total. The van der Waals surface area contributed by atoms with Gasteiger partial charge in [-0.2, -0.15) is 10.2 Å². The van der Waals surface area contributed by atoms with Crippen LogP contribution in [0.4, 0.5) is 0 Å². The number of hydrogen-bond acceptors (Lipinski definition) is 8. The average Bonchev–Trinajstić information content (AvgIpc) is 3.98. The summed E-state index contributed by atoms with van der Waals surface area (Å²) in [7, 11) is 0. The highest BCUT2D eigenvalue weighted by atomic mass is 35.5. The Kier molecular flexibility index (Phi) is 10.1. The number of fused-ring (bicyclic) bond motifs is 2. The minimum Gasteiger partial charge on any atom is -0.245 e. The van der Waals surface area contributed by atoms with Gasteiger partial charge in [-0.25, -0.2) is 28.7 Å². The molecule has 0 fully saturated rings. The fraction of sp³-hybridized carbons (Fsp3) is 0.243. The van der Waals surface area contributed by atoms with E-state index in [1.807, 2.05) is 79.4 Å². The van der Waals surface area contributed by atoms with Gasteiger partial charge in [0.2, 0.25) is 0 Å². The highest BCUT2D eigenvalue weighted by Gasteiger charge is 2.21. The van der Waals surface area contributed by atoms with Crippen molar-refractivity contribution in [2.75, 3.05) is 0 Å². The van der Waals surface area contributed by atoms with Crippen LogP contribution in [0.2, 0.25) is 10.0 Å². The van der Waals surface area contributed by atoms with Crippen molar-refractivity contribution in [3.05, 3.63) is 143 Å². The van der Waals surface area contributed by atoms with Crippen molar-refractivity contribution in [2.24, 2.45) is 0 Å². The van der Waals surface area contributed by atoms with Crippen molar-refractivity contribution in [1.29, 1.82) is 0 Å². The van der Waals surface area contributed by atoms with Gasteiger partial charge in [0.05, 0.1) is 11.0 Å². The van der Waals surface area contributed by atoms with Gasteiger partial charge in [-0.05, 0) is 91.1 Å². The van der Waals surface area contributed by atoms with Gasteiger partial charge in [-0.3, -0.25) is 0 Å². The van der Waals surface area contributed by atoms with Gasteiger partial charge in [0.1, 0.15) is 48.4 Å². The number of aryl methyl sites for hydroxylation is 1. The first kappa shape index (κ1) is 34.0. The summed E-state index contributed by atoms with van der Waals surface area (Å²) in [5.41, 5.74) is 8.19. The predicted octanol–water partition coefficient (Wildman–Crippen LogP) is 8.01. The number of halogens is 2. The molecule has 0 saturated heterocycles. The first-order chi connectivity index (χ1) is 24.9. The lowest BCUT2D eigenvalue weighted by Crippen LogP contribution is -2.13. The smallest absolute Gasteiger partial charge is 0.137 e. The summed E-state index contributed by atoms with van der Waals surface area (Å²) >= 11 is 12.1. The van der Waals surface area contributed by atoms with E-state index in [0.29, 0.717) is 10.0 Å². The van der Waals surface area contributed by atoms with Crippen LogP contribution < -0.4 is 0 Å². The maximum absolute atomic E-state index is 6.07. The van der Waals surface area contributed by atoms with Crippen LogP contribution in [0.5, 0.6) is 0 Å². The standard InChI is InChI=1S/C19H19ClN6.C18H17ClN6/c1-2-3-10-25-18-11-15(6-9-17(18)23-24-25)19(26-13-21-12-22-26)14-4-7-16(20)8-5-14;1-12(2)25-17-9-14(5-8-16(17)22-23-25)18(24-11-20-10-21-24)13-3-6-15(19)7-4-13/h4-9,11-13,19H,2-3,10H2,1H3;3-12,18H,1-2H3. The van der Waals surface area contributed by atoms with Crippen LogP contribution in [-0.4, -0.2) is 59.5 Å². The van der Waals surface area contributed by atoms with Crippen molar-refractivity contribution < 1.29 is 0 Å². The lowest BCUT2D eigenvalue weighted by Gasteiger charge is -2.18. The molecular weight excluding hydrogens is 683 g/mol. The van der Waals surface area contributed by atoms with Crippen molar-refractivity contribution in [2.45, 2.75) is 58.3 Å². The van der Waals surface area contributed by atoms with Crippen LogP contribution >= 0.6 is 23.2 Å². The van der Waals surface area contributed by atoms with E-state index in [1.54, 1.807) is 25.3 Å². The van der Waals surface area contributed by atoms with Gasteiger partial charge in [-0.1, -0.05) is 83.4 Å². The van der Waals surface area contributed by atoms with Gasteiger partial charge in [0.25, 0.3) is 0 Å². The molecule has 0 bridgehead atoms. The maximum atomic E-state index is 6.07. The lowest BCUT2D eigenvalue weighted by atomic mass is 9.98. The topological polar surface area (TPSA) is 123 Å². The van der Waals surface area contributed by atoms with E-state index >= 15 is 0 Å². The SMILES string of the molecule is CC(C)n1nnc2ccc(C(c3ccc(Cl)cc3)n3cncn3)cc21.CCCCn1nnc2ccc(C(c3ccc(Cl)cc3)n3cncn3)cc21. The second-order valence-electron chi connectivity index (χ2n) is 12.4. The number of nitrogens with zero attached hydrogens (tertiary/aromatic N) is 12. The minimum atomic E-state index is -0.0975. The Hall–Kier alpha value is -5.46. The number of rotatable bonds is 10. The molecule has 8 rings (SSSR count). The van der Waals surface area contributed by atoms with Crippen LogP contribution in [0, 0.1) is 0 Å². The normalized spacial score (nSPS) is 12.7. The zero-order valence-electron chi connectivity index (χ0n) is 28.4. The second kappa shape index (κ2) is 15.2. The van der Waals surface area contributed by atoms with Crippen molar-refractivity contribution >= 4 is 45.3 Å². The average molecular weight is 720 g/mol. The molecule has 2 atom stereocenters. The highest BCUT2D eigenvalue weighted by molar-refractivity contribution is 6.30. The molecule has 4 heterocycles. The molecule has 4 aromatic heterocycles. The largest absolute Gasteiger partial charge is 0.245 e. The Bertz CT molecular complexity index is 2310. The van der Waals surface area contributed by atoms with Crippen molar-refractivity contribution in [1.82, 2.24) is 59.5 Å². The number of hydrogen-bond donors (Lipinski definition) is 0. The summed E-state index contributed by atoms with van der Waals surface area (Å²) in [5, 5.41) is 27.2. The third-order valence-corrected chi connectivity index (χ3v) is 9.15. The van der Waals surface area contributed by atoms with E-state index in [4.69, 9.17) is 23.2 Å². The molecule has 12 nitrogen and oxygen atoms in total. The fourth-order valence-electron chi connectivity index (χ4n) is 6.12. The van der Waals surface area contributed by atoms with Gasteiger partial charge in [0, 0.05) is 22.6 Å². The van der Waals surface area contributed by atoms with Gasteiger partial charge >= 0.3 is 0 Å². The van der Waals surface area contributed by atoms with E-state index in [1.165, 1.54) is 0 Å². The minimum absolute atomic E-state index is 0.0892. The Labute approximate surface area is 304 Å². The van der Waals surface area contributed by atoms with E-state index in [9.17, 15) is 0 Å². The molecule has 0 amide bonds. The highest BCUT2D eigenvalue weighted by Crippen LogP contribution is 2.31. The molecule has 0 aliphatic heterocycles. The monoisotopic (exact) mass is 718 g/mol. The zero-order valence-corrected chi connectivity index (χ0v) is 29.9. The number of benzene rings is 4. The molecule has 2 unspecified atom stereocenters. The predicted molar refractivity (Wildman–Crippen MR) is 198 cm³/mol. The Morgan fingerprint density at radius 3 is 1.59 bits per heavy atom. The molecule has 0 radical (unpaired) electrons. The van der Waals surface area contributed by atoms with Crippen molar-refractivity contribution in [3.8, 4) is 0 Å². The van der Waals surface area contributed by atoms with E-state index in [0.717, 1.165) is 63.7 Å². The van der Waals surface area contributed by atoms with Crippen LogP contribution in [-0.2, 0) is 6.54 Å².